The molecule has 0 bridgehead atoms. The van der Waals surface area contributed by atoms with Gasteiger partial charge in [0.25, 0.3) is 0 Å². The van der Waals surface area contributed by atoms with E-state index in [0.29, 0.717) is 6.42 Å². The summed E-state index contributed by atoms with van der Waals surface area (Å²) in [7, 11) is -2.17. The van der Waals surface area contributed by atoms with Crippen molar-refractivity contribution < 1.29 is 9.46 Å². The minimum atomic E-state index is -2.17. The maximum atomic E-state index is 10.2. The Balaban J connectivity index is 3.27. The highest BCUT2D eigenvalue weighted by Gasteiger charge is 2.22. The fourth-order valence-electron chi connectivity index (χ4n) is 0.397. The Morgan fingerprint density at radius 1 is 1.78 bits per heavy atom. The summed E-state index contributed by atoms with van der Waals surface area (Å²) in [6.07, 6.45) is 1.46. The van der Waals surface area contributed by atoms with Gasteiger partial charge in [0.05, 0.1) is 0 Å². The normalized spacial score (nSPS) is 15.2. The number of nitrogens with two attached hydrogens (primary N) is 1. The van der Waals surface area contributed by atoms with Gasteiger partial charge in [-0.25, -0.2) is 0 Å². The van der Waals surface area contributed by atoms with Crippen molar-refractivity contribution in [1.82, 2.24) is 0 Å². The van der Waals surface area contributed by atoms with E-state index in [0.717, 1.165) is 11.8 Å². The van der Waals surface area contributed by atoms with Crippen molar-refractivity contribution in [3.05, 3.63) is 0 Å². The van der Waals surface area contributed by atoms with E-state index in [9.17, 15) is 4.57 Å². The summed E-state index contributed by atoms with van der Waals surface area (Å²) in [4.78, 5) is 8.42. The molecule has 9 heavy (non-hydrogen) atoms. The second-order valence-electron chi connectivity index (χ2n) is 1.70. The lowest BCUT2D eigenvalue weighted by atomic mass is 10.3. The van der Waals surface area contributed by atoms with E-state index in [1.54, 1.807) is 0 Å². The second kappa shape index (κ2) is 5.30. The molecule has 0 aliphatic carbocycles. The molecule has 54 valence electrons. The molecule has 0 saturated heterocycles. The number of rotatable bonds is 4. The van der Waals surface area contributed by atoms with E-state index < -0.39 is 13.8 Å². The van der Waals surface area contributed by atoms with Gasteiger partial charge in [-0.3, -0.25) is 5.73 Å². The number of alkyl halides is 1. The van der Waals surface area contributed by atoms with Crippen LogP contribution >= 0.6 is 24.0 Å². The van der Waals surface area contributed by atoms with Crippen molar-refractivity contribution in [3.8, 4) is 0 Å². The van der Waals surface area contributed by atoms with Crippen LogP contribution in [-0.4, -0.2) is 16.0 Å². The first kappa shape index (κ1) is 9.50. The molecule has 0 rings (SSSR count). The molecule has 0 spiro atoms. The molecule has 2 unspecified atom stereocenters. The molecule has 0 aromatic carbocycles. The molecule has 3 nitrogen and oxygen atoms in total. The summed E-state index contributed by atoms with van der Waals surface area (Å²) in [6, 6.07) is 0. The van der Waals surface area contributed by atoms with Gasteiger partial charge in [-0.15, -0.1) is 0 Å². The van der Waals surface area contributed by atoms with Gasteiger partial charge in [0.1, 0.15) is 0 Å². The van der Waals surface area contributed by atoms with E-state index in [1.807, 2.05) is 0 Å². The van der Waals surface area contributed by atoms with E-state index in [4.69, 9.17) is 10.6 Å². The van der Waals surface area contributed by atoms with Gasteiger partial charge in [0.15, 0.2) is 0 Å². The summed E-state index contributed by atoms with van der Waals surface area (Å²) >= 11 is 3.19. The molecular formula is C4H10BrNO2P+. The van der Waals surface area contributed by atoms with Crippen LogP contribution < -0.4 is 5.73 Å². The first-order valence-electron chi connectivity index (χ1n) is 2.65. The smallest absolute Gasteiger partial charge is 0.285 e. The van der Waals surface area contributed by atoms with Crippen molar-refractivity contribution in [3.63, 3.8) is 0 Å². The summed E-state index contributed by atoms with van der Waals surface area (Å²) < 4.78 is 10.2. The van der Waals surface area contributed by atoms with Gasteiger partial charge in [0.2, 0.25) is 5.78 Å². The summed E-state index contributed by atoms with van der Waals surface area (Å²) in [5, 5.41) is 0.837. The Bertz CT molecular complexity index is 101. The predicted octanol–water partition coefficient (Wildman–Crippen LogP) is 1.18. The van der Waals surface area contributed by atoms with Crippen LogP contribution in [0.3, 0.4) is 0 Å². The lowest BCUT2D eigenvalue weighted by Crippen LogP contribution is -2.14. The molecule has 0 aliphatic heterocycles. The zero-order chi connectivity index (χ0) is 7.28. The first-order chi connectivity index (χ1) is 4.18. The van der Waals surface area contributed by atoms with Gasteiger partial charge < -0.3 is 0 Å². The van der Waals surface area contributed by atoms with Crippen molar-refractivity contribution >= 4 is 24.0 Å². The van der Waals surface area contributed by atoms with E-state index in [2.05, 4.69) is 15.9 Å². The standard InChI is InChI=1S/C4H9BrNO2P/c5-3-1-2-4(6)9(7)8/h4H,1-3,6H2/p+1. The van der Waals surface area contributed by atoms with E-state index in [1.165, 1.54) is 0 Å². The fourth-order valence-corrected chi connectivity index (χ4v) is 1.12. The van der Waals surface area contributed by atoms with Crippen LogP contribution in [0, 0.1) is 0 Å². The summed E-state index contributed by atoms with van der Waals surface area (Å²) in [5.74, 6) is -0.544. The van der Waals surface area contributed by atoms with Crippen molar-refractivity contribution in [1.29, 1.82) is 0 Å². The monoisotopic (exact) mass is 214 g/mol. The largest absolute Gasteiger partial charge is 0.524 e. The topological polar surface area (TPSA) is 63.3 Å². The van der Waals surface area contributed by atoms with Gasteiger partial charge in [-0.05, 0) is 11.0 Å². The van der Waals surface area contributed by atoms with Crippen LogP contribution in [0.1, 0.15) is 12.8 Å². The second-order valence-corrected chi connectivity index (χ2v) is 3.76. The van der Waals surface area contributed by atoms with Crippen molar-refractivity contribution in [2.75, 3.05) is 5.33 Å². The Kier molecular flexibility index (Phi) is 5.59. The van der Waals surface area contributed by atoms with Crippen molar-refractivity contribution in [2.45, 2.75) is 18.6 Å². The van der Waals surface area contributed by atoms with Gasteiger partial charge in [0, 0.05) is 11.8 Å². The number of hydrogen-bond acceptors (Lipinski definition) is 2. The molecule has 0 amide bonds. The minimum absolute atomic E-state index is 0.544. The average molecular weight is 215 g/mol. The van der Waals surface area contributed by atoms with Gasteiger partial charge in [-0.1, -0.05) is 15.9 Å². The highest BCUT2D eigenvalue weighted by molar-refractivity contribution is 9.09. The van der Waals surface area contributed by atoms with Crippen LogP contribution in [0.15, 0.2) is 0 Å². The van der Waals surface area contributed by atoms with Crippen LogP contribution in [-0.2, 0) is 4.57 Å². The molecule has 3 N–H and O–H groups in total. The van der Waals surface area contributed by atoms with Crippen LogP contribution in [0.5, 0.6) is 0 Å². The Morgan fingerprint density at radius 2 is 2.33 bits per heavy atom. The maximum Gasteiger partial charge on any atom is 0.524 e. The molecule has 0 aromatic rings. The Hall–Kier alpha value is 0.500. The SMILES string of the molecule is NC(CCCBr)[P+](=O)O. The molecule has 0 aliphatic rings. The lowest BCUT2D eigenvalue weighted by Gasteiger charge is -1.92. The number of hydrogen-bond donors (Lipinski definition) is 2. The zero-order valence-corrected chi connectivity index (χ0v) is 7.44. The van der Waals surface area contributed by atoms with E-state index >= 15 is 0 Å². The summed E-state index contributed by atoms with van der Waals surface area (Å²) in [5.41, 5.74) is 5.25. The third kappa shape index (κ3) is 4.97. The van der Waals surface area contributed by atoms with Crippen LogP contribution in [0.4, 0.5) is 0 Å². The molecule has 0 aromatic heterocycles. The molecule has 5 heteroatoms. The maximum absolute atomic E-state index is 10.2. The molecule has 0 radical (unpaired) electrons. The van der Waals surface area contributed by atoms with Crippen molar-refractivity contribution in [2.24, 2.45) is 5.73 Å². The molecule has 2 atom stereocenters. The summed E-state index contributed by atoms with van der Waals surface area (Å²) in [6.45, 7) is 0. The lowest BCUT2D eigenvalue weighted by molar-refractivity contribution is 0.484. The average Bonchev–Trinajstić information content (AvgIpc) is 1.82. The molecule has 0 saturated carbocycles. The van der Waals surface area contributed by atoms with E-state index in [-0.39, 0.29) is 0 Å². The Morgan fingerprint density at radius 3 is 2.67 bits per heavy atom. The molecule has 0 heterocycles. The fraction of sp³-hybridized carbons (Fsp3) is 1.00. The van der Waals surface area contributed by atoms with Crippen LogP contribution in [0.25, 0.3) is 0 Å². The highest BCUT2D eigenvalue weighted by Crippen LogP contribution is 2.21. The number of halogens is 1. The quantitative estimate of drug-likeness (QED) is 0.546. The van der Waals surface area contributed by atoms with Gasteiger partial charge in [-0.2, -0.15) is 4.89 Å². The predicted molar refractivity (Wildman–Crippen MR) is 40.8 cm³/mol. The molecule has 0 fully saturated rings. The third-order valence-electron chi connectivity index (χ3n) is 0.917. The third-order valence-corrected chi connectivity index (χ3v) is 2.30. The first-order valence-corrected chi connectivity index (χ1v) is 5.05. The van der Waals surface area contributed by atoms with Crippen LogP contribution in [0.2, 0.25) is 0 Å². The highest BCUT2D eigenvalue weighted by atomic mass is 79.9. The Labute approximate surface area is 63.6 Å². The zero-order valence-electron chi connectivity index (χ0n) is 4.96. The minimum Gasteiger partial charge on any atom is -0.285 e. The molecular weight excluding hydrogens is 205 g/mol. The van der Waals surface area contributed by atoms with Gasteiger partial charge >= 0.3 is 8.03 Å².